The lowest BCUT2D eigenvalue weighted by Gasteiger charge is -2.31. The Bertz CT molecular complexity index is 332. The van der Waals surface area contributed by atoms with Crippen LogP contribution in [0.2, 0.25) is 0 Å². The molecule has 1 aliphatic heterocycles. The van der Waals surface area contributed by atoms with Crippen molar-refractivity contribution in [3.05, 3.63) is 34.3 Å². The molecule has 88 valence electrons. The van der Waals surface area contributed by atoms with E-state index in [4.69, 9.17) is 5.73 Å². The van der Waals surface area contributed by atoms with Gasteiger partial charge in [-0.05, 0) is 56.1 Å². The molecule has 0 amide bonds. The van der Waals surface area contributed by atoms with E-state index in [1.165, 1.54) is 36.0 Å². The smallest absolute Gasteiger partial charge is 0.0234 e. The van der Waals surface area contributed by atoms with Crippen LogP contribution >= 0.6 is 15.9 Å². The summed E-state index contributed by atoms with van der Waals surface area (Å²) in [6, 6.07) is 8.57. The first-order valence-electron chi connectivity index (χ1n) is 5.95. The Morgan fingerprint density at radius 2 is 2.06 bits per heavy atom. The molecule has 3 heteroatoms. The lowest BCUT2D eigenvalue weighted by Crippen LogP contribution is -2.35. The summed E-state index contributed by atoms with van der Waals surface area (Å²) in [5.41, 5.74) is 7.09. The minimum absolute atomic E-state index is 0.749. The third-order valence-electron chi connectivity index (χ3n) is 3.34. The van der Waals surface area contributed by atoms with Crippen molar-refractivity contribution >= 4 is 15.9 Å². The highest BCUT2D eigenvalue weighted by Gasteiger charge is 2.17. The zero-order chi connectivity index (χ0) is 11.4. The Kier molecular flexibility index (Phi) is 4.38. The number of rotatable bonds is 3. The van der Waals surface area contributed by atoms with Crippen LogP contribution in [0.3, 0.4) is 0 Å². The number of benzene rings is 1. The van der Waals surface area contributed by atoms with E-state index in [1.54, 1.807) is 0 Å². The van der Waals surface area contributed by atoms with Gasteiger partial charge in [-0.2, -0.15) is 0 Å². The maximum Gasteiger partial charge on any atom is 0.0234 e. The van der Waals surface area contributed by atoms with Gasteiger partial charge in [0, 0.05) is 11.0 Å². The van der Waals surface area contributed by atoms with Crippen molar-refractivity contribution in [2.24, 2.45) is 11.7 Å². The fraction of sp³-hybridized carbons (Fsp3) is 0.538. The molecular formula is C13H19BrN2. The van der Waals surface area contributed by atoms with Crippen molar-refractivity contribution in [1.29, 1.82) is 0 Å². The highest BCUT2D eigenvalue weighted by atomic mass is 79.9. The first-order chi connectivity index (χ1) is 7.78. The first-order valence-corrected chi connectivity index (χ1v) is 6.74. The van der Waals surface area contributed by atoms with Crippen molar-refractivity contribution in [3.8, 4) is 0 Å². The van der Waals surface area contributed by atoms with E-state index in [2.05, 4.69) is 45.1 Å². The summed E-state index contributed by atoms with van der Waals surface area (Å²) in [7, 11) is 0. The second kappa shape index (κ2) is 5.80. The zero-order valence-corrected chi connectivity index (χ0v) is 11.1. The minimum Gasteiger partial charge on any atom is -0.330 e. The van der Waals surface area contributed by atoms with Gasteiger partial charge in [0.1, 0.15) is 0 Å². The number of piperidine rings is 1. The molecule has 2 nitrogen and oxygen atoms in total. The first kappa shape index (κ1) is 12.1. The Morgan fingerprint density at radius 1 is 1.31 bits per heavy atom. The van der Waals surface area contributed by atoms with Crippen molar-refractivity contribution in [3.63, 3.8) is 0 Å². The summed E-state index contributed by atoms with van der Waals surface area (Å²) < 4.78 is 1.17. The van der Waals surface area contributed by atoms with Gasteiger partial charge in [0.05, 0.1) is 0 Å². The minimum atomic E-state index is 0.749. The van der Waals surface area contributed by atoms with Crippen LogP contribution in [0.15, 0.2) is 28.7 Å². The molecule has 2 rings (SSSR count). The van der Waals surface area contributed by atoms with Gasteiger partial charge >= 0.3 is 0 Å². The molecule has 0 spiro atoms. The van der Waals surface area contributed by atoms with Gasteiger partial charge in [0.25, 0.3) is 0 Å². The third-order valence-corrected chi connectivity index (χ3v) is 3.83. The summed E-state index contributed by atoms with van der Waals surface area (Å²) in [5.74, 6) is 0.749. The van der Waals surface area contributed by atoms with Crippen LogP contribution in [0.25, 0.3) is 0 Å². The summed E-state index contributed by atoms with van der Waals surface area (Å²) >= 11 is 3.51. The van der Waals surface area contributed by atoms with Gasteiger partial charge in [0.2, 0.25) is 0 Å². The Hall–Kier alpha value is -0.380. The normalized spacial score (nSPS) is 18.9. The van der Waals surface area contributed by atoms with Crippen molar-refractivity contribution in [2.45, 2.75) is 19.4 Å². The number of halogens is 1. The third kappa shape index (κ3) is 3.30. The fourth-order valence-corrected chi connectivity index (χ4v) is 2.72. The monoisotopic (exact) mass is 282 g/mol. The van der Waals surface area contributed by atoms with Crippen LogP contribution < -0.4 is 5.73 Å². The second-order valence-corrected chi connectivity index (χ2v) is 5.50. The highest BCUT2D eigenvalue weighted by molar-refractivity contribution is 9.10. The molecule has 1 aromatic rings. The van der Waals surface area contributed by atoms with Crippen LogP contribution in [-0.2, 0) is 6.54 Å². The van der Waals surface area contributed by atoms with E-state index in [-0.39, 0.29) is 0 Å². The topological polar surface area (TPSA) is 29.3 Å². The molecule has 1 saturated heterocycles. The summed E-state index contributed by atoms with van der Waals surface area (Å²) in [4.78, 5) is 2.52. The molecule has 16 heavy (non-hydrogen) atoms. The van der Waals surface area contributed by atoms with Gasteiger partial charge in [0.15, 0.2) is 0 Å². The molecule has 0 radical (unpaired) electrons. The van der Waals surface area contributed by atoms with E-state index in [9.17, 15) is 0 Å². The van der Waals surface area contributed by atoms with Crippen LogP contribution in [0, 0.1) is 5.92 Å². The van der Waals surface area contributed by atoms with Crippen molar-refractivity contribution < 1.29 is 0 Å². The lowest BCUT2D eigenvalue weighted by atomic mass is 9.97. The highest BCUT2D eigenvalue weighted by Crippen LogP contribution is 2.19. The Labute approximate surface area is 106 Å². The number of likely N-dealkylation sites (tertiary alicyclic amines) is 1. The molecule has 1 aromatic carbocycles. The van der Waals surface area contributed by atoms with Crippen LogP contribution in [0.4, 0.5) is 0 Å². The largest absolute Gasteiger partial charge is 0.330 e. The summed E-state index contributed by atoms with van der Waals surface area (Å²) in [6.45, 7) is 4.30. The average Bonchev–Trinajstić information content (AvgIpc) is 2.30. The van der Waals surface area contributed by atoms with Crippen LogP contribution in [0.5, 0.6) is 0 Å². The second-order valence-electron chi connectivity index (χ2n) is 4.59. The molecule has 0 unspecified atom stereocenters. The molecule has 0 aromatic heterocycles. The predicted octanol–water partition coefficient (Wildman–Crippen LogP) is 2.62. The van der Waals surface area contributed by atoms with Gasteiger partial charge in [-0.15, -0.1) is 0 Å². The quantitative estimate of drug-likeness (QED) is 0.924. The molecule has 0 aliphatic carbocycles. The molecule has 2 N–H and O–H groups in total. The van der Waals surface area contributed by atoms with Crippen LogP contribution in [-0.4, -0.2) is 24.5 Å². The summed E-state index contributed by atoms with van der Waals surface area (Å²) in [5, 5.41) is 0. The summed E-state index contributed by atoms with van der Waals surface area (Å²) in [6.07, 6.45) is 2.51. The van der Waals surface area contributed by atoms with E-state index >= 15 is 0 Å². The molecule has 0 bridgehead atoms. The predicted molar refractivity (Wildman–Crippen MR) is 71.2 cm³/mol. The van der Waals surface area contributed by atoms with Gasteiger partial charge in [-0.25, -0.2) is 0 Å². The number of hydrogen-bond acceptors (Lipinski definition) is 2. The molecule has 1 aliphatic rings. The van der Waals surface area contributed by atoms with Gasteiger partial charge < -0.3 is 5.73 Å². The van der Waals surface area contributed by atoms with Crippen molar-refractivity contribution in [1.82, 2.24) is 4.90 Å². The SMILES string of the molecule is NCC1CCN(Cc2cccc(Br)c2)CC1. The van der Waals surface area contributed by atoms with E-state index in [0.717, 1.165) is 19.0 Å². The van der Waals surface area contributed by atoms with E-state index in [0.29, 0.717) is 0 Å². The maximum atomic E-state index is 5.70. The molecule has 1 heterocycles. The van der Waals surface area contributed by atoms with Crippen LogP contribution in [0.1, 0.15) is 18.4 Å². The lowest BCUT2D eigenvalue weighted by molar-refractivity contribution is 0.180. The van der Waals surface area contributed by atoms with E-state index < -0.39 is 0 Å². The van der Waals surface area contributed by atoms with Crippen molar-refractivity contribution in [2.75, 3.05) is 19.6 Å². The molecule has 0 atom stereocenters. The van der Waals surface area contributed by atoms with E-state index in [1.807, 2.05) is 0 Å². The number of hydrogen-bond donors (Lipinski definition) is 1. The Balaban J connectivity index is 1.87. The van der Waals surface area contributed by atoms with Gasteiger partial charge in [-0.3, -0.25) is 4.90 Å². The molecular weight excluding hydrogens is 264 g/mol. The van der Waals surface area contributed by atoms with Gasteiger partial charge in [-0.1, -0.05) is 28.1 Å². The Morgan fingerprint density at radius 3 is 2.69 bits per heavy atom. The molecule has 1 fully saturated rings. The number of nitrogens with zero attached hydrogens (tertiary/aromatic N) is 1. The standard InChI is InChI=1S/C13H19BrN2/c14-13-3-1-2-12(8-13)10-16-6-4-11(9-15)5-7-16/h1-3,8,11H,4-7,9-10,15H2. The fourth-order valence-electron chi connectivity index (χ4n) is 2.27. The number of nitrogens with two attached hydrogens (primary N) is 1. The zero-order valence-electron chi connectivity index (χ0n) is 9.53. The molecule has 0 saturated carbocycles. The average molecular weight is 283 g/mol. The maximum absolute atomic E-state index is 5.70.